The van der Waals surface area contributed by atoms with Crippen molar-refractivity contribution in [3.8, 4) is 0 Å². The molecule has 0 saturated heterocycles. The molecular formula is C16H33NO. The molecule has 0 atom stereocenters. The van der Waals surface area contributed by atoms with E-state index in [0.717, 1.165) is 0 Å². The van der Waals surface area contributed by atoms with Gasteiger partial charge in [-0.25, -0.2) is 0 Å². The fourth-order valence-corrected chi connectivity index (χ4v) is 2.91. The Morgan fingerprint density at radius 3 is 1.61 bits per heavy atom. The van der Waals surface area contributed by atoms with Crippen LogP contribution in [0.1, 0.15) is 84.5 Å². The van der Waals surface area contributed by atoms with Gasteiger partial charge in [0, 0.05) is 11.6 Å². The Labute approximate surface area is 114 Å². The van der Waals surface area contributed by atoms with Crippen molar-refractivity contribution in [3.05, 3.63) is 0 Å². The molecule has 0 heterocycles. The fraction of sp³-hybridized carbons (Fsp3) is 1.00. The third-order valence-corrected chi connectivity index (χ3v) is 4.10. The second-order valence-corrected chi connectivity index (χ2v) is 6.64. The van der Waals surface area contributed by atoms with Gasteiger partial charge in [-0.2, -0.15) is 0 Å². The molecule has 1 aliphatic carbocycles. The van der Waals surface area contributed by atoms with Crippen molar-refractivity contribution in [1.29, 1.82) is 0 Å². The second-order valence-electron chi connectivity index (χ2n) is 6.64. The summed E-state index contributed by atoms with van der Waals surface area (Å²) in [5.41, 5.74) is -0.123. The van der Waals surface area contributed by atoms with Gasteiger partial charge in [-0.15, -0.1) is 0 Å². The summed E-state index contributed by atoms with van der Waals surface area (Å²) in [4.78, 5) is 0. The molecule has 0 bridgehead atoms. The molecule has 1 fully saturated rings. The Hall–Kier alpha value is -0.0800. The highest BCUT2D eigenvalue weighted by Gasteiger charge is 2.20. The molecule has 0 aromatic heterocycles. The van der Waals surface area contributed by atoms with Crippen LogP contribution in [0, 0.1) is 0 Å². The SMILES string of the molecule is CC(C)(CO)NC1CCCCCCCCCCC1. The predicted octanol–water partition coefficient (Wildman–Crippen LogP) is 4.02. The van der Waals surface area contributed by atoms with Crippen molar-refractivity contribution < 1.29 is 5.11 Å². The first-order valence-corrected chi connectivity index (χ1v) is 8.02. The standard InChI is InChI=1S/C16H33NO/c1-16(2,14-18)17-15-12-10-8-6-4-3-5-7-9-11-13-15/h15,17-18H,3-14H2,1-2H3. The average Bonchev–Trinajstić information content (AvgIpc) is 2.32. The largest absolute Gasteiger partial charge is 0.394 e. The van der Waals surface area contributed by atoms with Crippen LogP contribution in [0.4, 0.5) is 0 Å². The van der Waals surface area contributed by atoms with Crippen molar-refractivity contribution in [2.24, 2.45) is 0 Å². The lowest BCUT2D eigenvalue weighted by molar-refractivity contribution is 0.168. The fourth-order valence-electron chi connectivity index (χ4n) is 2.91. The molecule has 1 rings (SSSR count). The van der Waals surface area contributed by atoms with Crippen LogP contribution in [0.25, 0.3) is 0 Å². The zero-order chi connectivity index (χ0) is 13.3. The Morgan fingerprint density at radius 1 is 0.833 bits per heavy atom. The zero-order valence-electron chi connectivity index (χ0n) is 12.5. The second kappa shape index (κ2) is 8.92. The average molecular weight is 255 g/mol. The van der Waals surface area contributed by atoms with Crippen LogP contribution in [0.2, 0.25) is 0 Å². The molecule has 0 radical (unpaired) electrons. The molecule has 0 spiro atoms. The van der Waals surface area contributed by atoms with Gasteiger partial charge in [0.15, 0.2) is 0 Å². The van der Waals surface area contributed by atoms with Crippen molar-refractivity contribution >= 4 is 0 Å². The first kappa shape index (κ1) is 16.0. The van der Waals surface area contributed by atoms with E-state index in [1.165, 1.54) is 70.6 Å². The summed E-state index contributed by atoms with van der Waals surface area (Å²) in [5.74, 6) is 0. The quantitative estimate of drug-likeness (QED) is 0.798. The van der Waals surface area contributed by atoms with E-state index >= 15 is 0 Å². The van der Waals surface area contributed by atoms with Crippen molar-refractivity contribution in [2.75, 3.05) is 6.61 Å². The maximum Gasteiger partial charge on any atom is 0.0607 e. The predicted molar refractivity (Wildman–Crippen MR) is 78.9 cm³/mol. The molecule has 0 unspecified atom stereocenters. The molecule has 108 valence electrons. The third-order valence-electron chi connectivity index (χ3n) is 4.10. The lowest BCUT2D eigenvalue weighted by atomic mass is 9.95. The number of hydrogen-bond acceptors (Lipinski definition) is 2. The molecular weight excluding hydrogens is 222 g/mol. The Balaban J connectivity index is 2.36. The molecule has 2 nitrogen and oxygen atoms in total. The minimum Gasteiger partial charge on any atom is -0.394 e. The summed E-state index contributed by atoms with van der Waals surface area (Å²) in [7, 11) is 0. The van der Waals surface area contributed by atoms with Gasteiger partial charge in [0.05, 0.1) is 6.61 Å². The van der Waals surface area contributed by atoms with Crippen LogP contribution in [-0.2, 0) is 0 Å². The van der Waals surface area contributed by atoms with Crippen LogP contribution in [0.15, 0.2) is 0 Å². The first-order chi connectivity index (χ1) is 8.64. The normalized spacial score (nSPS) is 22.2. The molecule has 1 aliphatic rings. The van der Waals surface area contributed by atoms with Crippen molar-refractivity contribution in [2.45, 2.75) is 96.1 Å². The van der Waals surface area contributed by atoms with Gasteiger partial charge >= 0.3 is 0 Å². The van der Waals surface area contributed by atoms with Crippen LogP contribution < -0.4 is 5.32 Å². The maximum atomic E-state index is 9.37. The van der Waals surface area contributed by atoms with Gasteiger partial charge in [-0.3, -0.25) is 0 Å². The van der Waals surface area contributed by atoms with E-state index in [1.54, 1.807) is 0 Å². The molecule has 0 aromatic rings. The Kier molecular flexibility index (Phi) is 7.92. The Morgan fingerprint density at radius 2 is 1.22 bits per heavy atom. The lowest BCUT2D eigenvalue weighted by Gasteiger charge is -2.30. The minimum absolute atomic E-state index is 0.123. The molecule has 2 heteroatoms. The number of rotatable bonds is 3. The lowest BCUT2D eigenvalue weighted by Crippen LogP contribution is -2.48. The molecule has 0 aliphatic heterocycles. The highest BCUT2D eigenvalue weighted by Crippen LogP contribution is 2.18. The van der Waals surface area contributed by atoms with Gasteiger partial charge < -0.3 is 10.4 Å². The van der Waals surface area contributed by atoms with Crippen molar-refractivity contribution in [1.82, 2.24) is 5.32 Å². The summed E-state index contributed by atoms with van der Waals surface area (Å²) in [5, 5.41) is 13.0. The van der Waals surface area contributed by atoms with Gasteiger partial charge in [0.25, 0.3) is 0 Å². The van der Waals surface area contributed by atoms with Crippen LogP contribution in [0.5, 0.6) is 0 Å². The summed E-state index contributed by atoms with van der Waals surface area (Å²) >= 11 is 0. The number of aliphatic hydroxyl groups is 1. The van der Waals surface area contributed by atoms with E-state index in [4.69, 9.17) is 0 Å². The number of hydrogen-bond donors (Lipinski definition) is 2. The van der Waals surface area contributed by atoms with E-state index in [-0.39, 0.29) is 12.1 Å². The smallest absolute Gasteiger partial charge is 0.0607 e. The number of nitrogens with one attached hydrogen (secondary N) is 1. The van der Waals surface area contributed by atoms with Crippen LogP contribution in [-0.4, -0.2) is 23.3 Å². The topological polar surface area (TPSA) is 32.3 Å². The molecule has 2 N–H and O–H groups in total. The first-order valence-electron chi connectivity index (χ1n) is 8.02. The molecule has 0 aromatic carbocycles. The Bertz CT molecular complexity index is 191. The summed E-state index contributed by atoms with van der Waals surface area (Å²) in [6.07, 6.45) is 15.2. The van der Waals surface area contributed by atoms with Gasteiger partial charge in [0.1, 0.15) is 0 Å². The highest BCUT2D eigenvalue weighted by molar-refractivity contribution is 4.81. The molecule has 0 amide bonds. The van der Waals surface area contributed by atoms with Crippen LogP contribution >= 0.6 is 0 Å². The monoisotopic (exact) mass is 255 g/mol. The summed E-state index contributed by atoms with van der Waals surface area (Å²) in [6.45, 7) is 4.43. The number of aliphatic hydroxyl groups excluding tert-OH is 1. The highest BCUT2D eigenvalue weighted by atomic mass is 16.3. The zero-order valence-corrected chi connectivity index (χ0v) is 12.5. The minimum atomic E-state index is -0.123. The van der Waals surface area contributed by atoms with Crippen molar-refractivity contribution in [3.63, 3.8) is 0 Å². The summed E-state index contributed by atoms with van der Waals surface area (Å²) in [6, 6.07) is 0.603. The molecule has 1 saturated carbocycles. The van der Waals surface area contributed by atoms with Gasteiger partial charge in [-0.1, -0.05) is 57.8 Å². The van der Waals surface area contributed by atoms with E-state index in [0.29, 0.717) is 6.04 Å². The summed E-state index contributed by atoms with van der Waals surface area (Å²) < 4.78 is 0. The third kappa shape index (κ3) is 7.38. The van der Waals surface area contributed by atoms with Gasteiger partial charge in [0.2, 0.25) is 0 Å². The van der Waals surface area contributed by atoms with E-state index in [2.05, 4.69) is 19.2 Å². The van der Waals surface area contributed by atoms with E-state index in [9.17, 15) is 5.11 Å². The van der Waals surface area contributed by atoms with Crippen LogP contribution in [0.3, 0.4) is 0 Å². The van der Waals surface area contributed by atoms with Gasteiger partial charge in [-0.05, 0) is 26.7 Å². The molecule has 18 heavy (non-hydrogen) atoms. The maximum absolute atomic E-state index is 9.37. The van der Waals surface area contributed by atoms with E-state index in [1.807, 2.05) is 0 Å². The van der Waals surface area contributed by atoms with E-state index < -0.39 is 0 Å².